The van der Waals surface area contributed by atoms with Gasteiger partial charge < -0.3 is 15.4 Å². The number of nitrogens with one attached hydrogen (secondary N) is 2. The molecule has 0 saturated heterocycles. The highest BCUT2D eigenvalue weighted by molar-refractivity contribution is 6.30. The van der Waals surface area contributed by atoms with Crippen molar-refractivity contribution in [3.05, 3.63) is 76.7 Å². The molecule has 27 heavy (non-hydrogen) atoms. The normalized spacial score (nSPS) is 10.3. The Balaban J connectivity index is 1.70. The average molecular weight is 383 g/mol. The lowest BCUT2D eigenvalue weighted by Crippen LogP contribution is -2.15. The molecule has 0 aliphatic heterocycles. The van der Waals surface area contributed by atoms with Crippen molar-refractivity contribution < 1.29 is 9.53 Å². The van der Waals surface area contributed by atoms with E-state index in [0.717, 1.165) is 11.3 Å². The Hall–Kier alpha value is -3.12. The van der Waals surface area contributed by atoms with E-state index in [4.69, 9.17) is 16.3 Å². The topological polar surface area (TPSA) is 76.1 Å². The number of rotatable bonds is 6. The van der Waals surface area contributed by atoms with Crippen LogP contribution in [0.5, 0.6) is 5.75 Å². The van der Waals surface area contributed by atoms with Crippen LogP contribution in [0.1, 0.15) is 21.9 Å². The fourth-order valence-corrected chi connectivity index (χ4v) is 2.66. The molecule has 0 spiro atoms. The van der Waals surface area contributed by atoms with Gasteiger partial charge in [-0.25, -0.2) is 9.97 Å². The first-order valence-electron chi connectivity index (χ1n) is 8.33. The molecule has 1 amide bonds. The first kappa shape index (κ1) is 18.7. The van der Waals surface area contributed by atoms with Crippen LogP contribution >= 0.6 is 11.6 Å². The molecular formula is C20H19ClN4O2. The maximum Gasteiger partial charge on any atom is 0.274 e. The molecule has 0 aliphatic carbocycles. The number of hydrogen-bond acceptors (Lipinski definition) is 5. The van der Waals surface area contributed by atoms with Gasteiger partial charge in [-0.1, -0.05) is 29.8 Å². The van der Waals surface area contributed by atoms with Crippen molar-refractivity contribution in [2.75, 3.05) is 17.7 Å². The molecule has 0 aliphatic rings. The van der Waals surface area contributed by atoms with Gasteiger partial charge in [0.05, 0.1) is 7.11 Å². The Bertz CT molecular complexity index is 945. The lowest BCUT2D eigenvalue weighted by atomic mass is 10.2. The van der Waals surface area contributed by atoms with Crippen LogP contribution in [0.3, 0.4) is 0 Å². The van der Waals surface area contributed by atoms with E-state index in [1.54, 1.807) is 44.4 Å². The molecule has 6 nitrogen and oxygen atoms in total. The Morgan fingerprint density at radius 1 is 1.11 bits per heavy atom. The number of hydrogen-bond donors (Lipinski definition) is 2. The summed E-state index contributed by atoms with van der Waals surface area (Å²) >= 11 is 5.95. The van der Waals surface area contributed by atoms with Crippen molar-refractivity contribution in [3.63, 3.8) is 0 Å². The molecule has 0 radical (unpaired) electrons. The van der Waals surface area contributed by atoms with Gasteiger partial charge in [0, 0.05) is 23.3 Å². The zero-order valence-electron chi connectivity index (χ0n) is 15.0. The van der Waals surface area contributed by atoms with E-state index in [-0.39, 0.29) is 11.6 Å². The van der Waals surface area contributed by atoms with E-state index in [2.05, 4.69) is 20.6 Å². The summed E-state index contributed by atoms with van der Waals surface area (Å²) in [4.78, 5) is 21.0. The van der Waals surface area contributed by atoms with E-state index in [0.29, 0.717) is 28.9 Å². The number of carbonyl (C=O) groups excluding carboxylic acids is 1. The zero-order valence-corrected chi connectivity index (χ0v) is 15.7. The van der Waals surface area contributed by atoms with Gasteiger partial charge in [0.2, 0.25) is 0 Å². The first-order valence-corrected chi connectivity index (χ1v) is 8.71. The quantitative estimate of drug-likeness (QED) is 0.664. The van der Waals surface area contributed by atoms with Crippen molar-refractivity contribution in [3.8, 4) is 5.75 Å². The number of benzene rings is 2. The van der Waals surface area contributed by atoms with Gasteiger partial charge in [0.25, 0.3) is 5.91 Å². The summed E-state index contributed by atoms with van der Waals surface area (Å²) in [7, 11) is 1.63. The first-order chi connectivity index (χ1) is 13.0. The minimum Gasteiger partial charge on any atom is -0.497 e. The lowest BCUT2D eigenvalue weighted by molar-refractivity contribution is 0.102. The SMILES string of the molecule is COc1ccc(CNc2cc(C(=O)Nc3cccc(Cl)c3)nc(C)n2)cc1. The second-order valence-electron chi connectivity index (χ2n) is 5.85. The molecular weight excluding hydrogens is 364 g/mol. The van der Waals surface area contributed by atoms with Gasteiger partial charge >= 0.3 is 0 Å². The van der Waals surface area contributed by atoms with Crippen LogP contribution in [0, 0.1) is 6.92 Å². The van der Waals surface area contributed by atoms with Crippen molar-refractivity contribution in [1.29, 1.82) is 0 Å². The van der Waals surface area contributed by atoms with Crippen molar-refractivity contribution in [2.45, 2.75) is 13.5 Å². The van der Waals surface area contributed by atoms with Crippen LogP contribution in [0.4, 0.5) is 11.5 Å². The highest BCUT2D eigenvalue weighted by Crippen LogP contribution is 2.17. The van der Waals surface area contributed by atoms with Crippen molar-refractivity contribution >= 4 is 29.0 Å². The van der Waals surface area contributed by atoms with Crippen LogP contribution in [-0.2, 0) is 6.54 Å². The molecule has 3 aromatic rings. The fraction of sp³-hybridized carbons (Fsp3) is 0.150. The summed E-state index contributed by atoms with van der Waals surface area (Å²) < 4.78 is 5.15. The molecule has 1 heterocycles. The molecule has 7 heteroatoms. The molecule has 2 N–H and O–H groups in total. The molecule has 0 atom stereocenters. The second-order valence-corrected chi connectivity index (χ2v) is 6.29. The van der Waals surface area contributed by atoms with E-state index >= 15 is 0 Å². The molecule has 0 unspecified atom stereocenters. The second kappa shape index (κ2) is 8.51. The van der Waals surface area contributed by atoms with Gasteiger partial charge in [0.1, 0.15) is 23.1 Å². The number of aromatic nitrogens is 2. The molecule has 3 rings (SSSR count). The third-order valence-corrected chi connectivity index (χ3v) is 4.02. The summed E-state index contributed by atoms with van der Waals surface area (Å²) in [5.74, 6) is 1.56. The van der Waals surface area contributed by atoms with Crippen LogP contribution in [0.2, 0.25) is 5.02 Å². The fourth-order valence-electron chi connectivity index (χ4n) is 2.47. The van der Waals surface area contributed by atoms with Crippen molar-refractivity contribution in [1.82, 2.24) is 9.97 Å². The summed E-state index contributed by atoms with van der Waals surface area (Å²) in [6.45, 7) is 2.31. The third kappa shape index (κ3) is 5.18. The predicted molar refractivity (Wildman–Crippen MR) is 106 cm³/mol. The Morgan fingerprint density at radius 3 is 2.59 bits per heavy atom. The maximum atomic E-state index is 12.5. The summed E-state index contributed by atoms with van der Waals surface area (Å²) in [5, 5.41) is 6.55. The van der Waals surface area contributed by atoms with Gasteiger partial charge in [-0.3, -0.25) is 4.79 Å². The molecule has 0 fully saturated rings. The lowest BCUT2D eigenvalue weighted by Gasteiger charge is -2.10. The monoisotopic (exact) mass is 382 g/mol. The number of methoxy groups -OCH3 is 1. The Labute approximate surface area is 162 Å². The third-order valence-electron chi connectivity index (χ3n) is 3.79. The van der Waals surface area contributed by atoms with Gasteiger partial charge in [0.15, 0.2) is 0 Å². The van der Waals surface area contributed by atoms with Crippen LogP contribution in [-0.4, -0.2) is 23.0 Å². The smallest absolute Gasteiger partial charge is 0.274 e. The summed E-state index contributed by atoms with van der Waals surface area (Å²) in [6, 6.07) is 16.3. The number of anilines is 2. The summed E-state index contributed by atoms with van der Waals surface area (Å²) in [5.41, 5.74) is 1.95. The minimum atomic E-state index is -0.324. The van der Waals surface area contributed by atoms with Crippen molar-refractivity contribution in [2.24, 2.45) is 0 Å². The predicted octanol–water partition coefficient (Wildman–Crippen LogP) is 4.31. The van der Waals surface area contributed by atoms with E-state index < -0.39 is 0 Å². The standard InChI is InChI=1S/C20H19ClN4O2/c1-13-23-18(20(26)25-16-5-3-4-15(21)10-16)11-19(24-13)22-12-14-6-8-17(27-2)9-7-14/h3-11H,12H2,1-2H3,(H,25,26)(H,22,23,24). The van der Waals surface area contributed by atoms with Crippen LogP contribution in [0.25, 0.3) is 0 Å². The van der Waals surface area contributed by atoms with E-state index in [1.807, 2.05) is 24.3 Å². The Morgan fingerprint density at radius 2 is 1.89 bits per heavy atom. The molecule has 0 bridgehead atoms. The number of aryl methyl sites for hydroxylation is 1. The molecule has 138 valence electrons. The minimum absolute atomic E-state index is 0.278. The van der Waals surface area contributed by atoms with E-state index in [9.17, 15) is 4.79 Å². The largest absolute Gasteiger partial charge is 0.497 e. The highest BCUT2D eigenvalue weighted by Gasteiger charge is 2.11. The van der Waals surface area contributed by atoms with Gasteiger partial charge in [-0.15, -0.1) is 0 Å². The van der Waals surface area contributed by atoms with E-state index in [1.165, 1.54) is 0 Å². The summed E-state index contributed by atoms with van der Waals surface area (Å²) in [6.07, 6.45) is 0. The zero-order chi connectivity index (χ0) is 19.2. The maximum absolute atomic E-state index is 12.5. The highest BCUT2D eigenvalue weighted by atomic mass is 35.5. The Kier molecular flexibility index (Phi) is 5.88. The van der Waals surface area contributed by atoms with Crippen LogP contribution < -0.4 is 15.4 Å². The number of ether oxygens (including phenoxy) is 1. The number of carbonyl (C=O) groups is 1. The molecule has 0 saturated carbocycles. The van der Waals surface area contributed by atoms with Gasteiger partial charge in [-0.05, 0) is 42.8 Å². The number of halogens is 1. The van der Waals surface area contributed by atoms with Gasteiger partial charge in [-0.2, -0.15) is 0 Å². The van der Waals surface area contributed by atoms with Crippen LogP contribution in [0.15, 0.2) is 54.6 Å². The molecule has 1 aromatic heterocycles. The number of amides is 1. The average Bonchev–Trinajstić information content (AvgIpc) is 2.66. The molecule has 2 aromatic carbocycles. The number of nitrogens with zero attached hydrogens (tertiary/aromatic N) is 2.